The fourth-order valence-electron chi connectivity index (χ4n) is 2.91. The van der Waals surface area contributed by atoms with E-state index in [-0.39, 0.29) is 0 Å². The van der Waals surface area contributed by atoms with Gasteiger partial charge in [0.25, 0.3) is 0 Å². The van der Waals surface area contributed by atoms with Gasteiger partial charge in [-0.1, -0.05) is 35.9 Å². The fourth-order valence-corrected chi connectivity index (χ4v) is 4.38. The summed E-state index contributed by atoms with van der Waals surface area (Å²) in [5.41, 5.74) is 2.64. The molecule has 0 saturated carbocycles. The van der Waals surface area contributed by atoms with Crippen molar-refractivity contribution in [2.24, 2.45) is 0 Å². The third-order valence-corrected chi connectivity index (χ3v) is 5.41. The molecule has 0 radical (unpaired) electrons. The highest BCUT2D eigenvalue weighted by Crippen LogP contribution is 2.40. The first-order chi connectivity index (χ1) is 11.3. The van der Waals surface area contributed by atoms with Crippen molar-refractivity contribution in [1.82, 2.24) is 4.98 Å². The molecule has 0 aliphatic carbocycles. The van der Waals surface area contributed by atoms with Gasteiger partial charge in [0.1, 0.15) is 5.52 Å². The van der Waals surface area contributed by atoms with Crippen molar-refractivity contribution in [2.75, 3.05) is 0 Å². The van der Waals surface area contributed by atoms with Crippen LogP contribution in [0, 0.1) is 0 Å². The maximum Gasteiger partial charge on any atom is 0.227 e. The third-order valence-electron chi connectivity index (χ3n) is 3.98. The van der Waals surface area contributed by atoms with Gasteiger partial charge < -0.3 is 4.42 Å². The van der Waals surface area contributed by atoms with Gasteiger partial charge in [-0.2, -0.15) is 0 Å². The van der Waals surface area contributed by atoms with E-state index in [1.54, 1.807) is 11.3 Å². The van der Waals surface area contributed by atoms with Crippen molar-refractivity contribution in [3.63, 3.8) is 0 Å². The van der Waals surface area contributed by atoms with Gasteiger partial charge in [-0.25, -0.2) is 4.98 Å². The van der Waals surface area contributed by atoms with E-state index < -0.39 is 0 Å². The standard InChI is InChI=1S/C19H10ClNOS/c20-13-7-4-8-16-18(13)12-9-14-15(10-17(12)23-16)22-19(21-14)11-5-2-1-3-6-11/h1-10H. The van der Waals surface area contributed by atoms with Crippen LogP contribution in [0.25, 0.3) is 42.7 Å². The summed E-state index contributed by atoms with van der Waals surface area (Å²) in [6.07, 6.45) is 0. The minimum Gasteiger partial charge on any atom is -0.436 e. The molecule has 23 heavy (non-hydrogen) atoms. The number of rotatable bonds is 1. The second-order valence-corrected chi connectivity index (χ2v) is 6.91. The maximum absolute atomic E-state index is 6.39. The van der Waals surface area contributed by atoms with Crippen LogP contribution >= 0.6 is 22.9 Å². The number of benzene rings is 3. The smallest absolute Gasteiger partial charge is 0.227 e. The first-order valence-electron chi connectivity index (χ1n) is 7.26. The van der Waals surface area contributed by atoms with E-state index in [0.717, 1.165) is 37.2 Å². The zero-order valence-corrected chi connectivity index (χ0v) is 13.5. The lowest BCUT2D eigenvalue weighted by Crippen LogP contribution is -1.75. The summed E-state index contributed by atoms with van der Waals surface area (Å²) >= 11 is 8.12. The Labute approximate surface area is 140 Å². The highest BCUT2D eigenvalue weighted by atomic mass is 35.5. The Morgan fingerprint density at radius 2 is 1.78 bits per heavy atom. The molecule has 4 heteroatoms. The zero-order chi connectivity index (χ0) is 15.4. The van der Waals surface area contributed by atoms with Crippen molar-refractivity contribution < 1.29 is 4.42 Å². The van der Waals surface area contributed by atoms with E-state index in [2.05, 4.69) is 23.2 Å². The molecule has 0 saturated heterocycles. The Morgan fingerprint density at radius 1 is 0.913 bits per heavy atom. The van der Waals surface area contributed by atoms with Crippen LogP contribution in [-0.4, -0.2) is 4.98 Å². The van der Waals surface area contributed by atoms with Gasteiger partial charge in [0, 0.05) is 36.8 Å². The predicted molar refractivity (Wildman–Crippen MR) is 97.3 cm³/mol. The van der Waals surface area contributed by atoms with E-state index in [9.17, 15) is 0 Å². The van der Waals surface area contributed by atoms with Crippen molar-refractivity contribution in [3.8, 4) is 11.5 Å². The Balaban J connectivity index is 1.82. The van der Waals surface area contributed by atoms with Gasteiger partial charge in [0.2, 0.25) is 5.89 Å². The summed E-state index contributed by atoms with van der Waals surface area (Å²) in [5.74, 6) is 0.647. The first-order valence-corrected chi connectivity index (χ1v) is 8.46. The molecule has 2 aromatic heterocycles. The van der Waals surface area contributed by atoms with Gasteiger partial charge in [-0.15, -0.1) is 11.3 Å². The summed E-state index contributed by atoms with van der Waals surface area (Å²) in [5, 5.41) is 3.01. The molecule has 110 valence electrons. The van der Waals surface area contributed by atoms with E-state index in [1.165, 1.54) is 4.70 Å². The maximum atomic E-state index is 6.39. The minimum absolute atomic E-state index is 0.647. The molecule has 0 amide bonds. The summed E-state index contributed by atoms with van der Waals surface area (Å²) in [6, 6.07) is 20.1. The molecule has 0 N–H and O–H groups in total. The number of thiophene rings is 1. The lowest BCUT2D eigenvalue weighted by atomic mass is 10.1. The van der Waals surface area contributed by atoms with Gasteiger partial charge in [-0.05, 0) is 30.3 Å². The molecule has 0 aliphatic rings. The molecular formula is C19H10ClNOS. The summed E-state index contributed by atoms with van der Waals surface area (Å²) in [4.78, 5) is 4.64. The topological polar surface area (TPSA) is 26.0 Å². The van der Waals surface area contributed by atoms with E-state index >= 15 is 0 Å². The van der Waals surface area contributed by atoms with Crippen molar-refractivity contribution in [2.45, 2.75) is 0 Å². The minimum atomic E-state index is 0.647. The lowest BCUT2D eigenvalue weighted by molar-refractivity contribution is 0.620. The molecule has 0 bridgehead atoms. The average molecular weight is 336 g/mol. The molecule has 0 unspecified atom stereocenters. The van der Waals surface area contributed by atoms with Crippen LogP contribution < -0.4 is 0 Å². The number of hydrogen-bond acceptors (Lipinski definition) is 3. The Morgan fingerprint density at radius 3 is 2.65 bits per heavy atom. The second-order valence-electron chi connectivity index (χ2n) is 5.42. The number of oxazole rings is 1. The molecule has 5 aromatic rings. The number of hydrogen-bond donors (Lipinski definition) is 0. The molecule has 2 nitrogen and oxygen atoms in total. The Bertz CT molecular complexity index is 1170. The Kier molecular flexibility index (Phi) is 2.75. The van der Waals surface area contributed by atoms with Crippen LogP contribution in [0.5, 0.6) is 0 Å². The molecule has 3 aromatic carbocycles. The van der Waals surface area contributed by atoms with Crippen LogP contribution in [0.4, 0.5) is 0 Å². The zero-order valence-electron chi connectivity index (χ0n) is 11.9. The lowest BCUT2D eigenvalue weighted by Gasteiger charge is -1.94. The summed E-state index contributed by atoms with van der Waals surface area (Å²) in [6.45, 7) is 0. The van der Waals surface area contributed by atoms with Gasteiger partial charge in [-0.3, -0.25) is 0 Å². The van der Waals surface area contributed by atoms with Crippen LogP contribution in [-0.2, 0) is 0 Å². The van der Waals surface area contributed by atoms with E-state index in [1.807, 2.05) is 42.5 Å². The monoisotopic (exact) mass is 335 g/mol. The van der Waals surface area contributed by atoms with Crippen LogP contribution in [0.15, 0.2) is 65.1 Å². The van der Waals surface area contributed by atoms with Crippen molar-refractivity contribution >= 4 is 54.2 Å². The van der Waals surface area contributed by atoms with Crippen LogP contribution in [0.1, 0.15) is 0 Å². The van der Waals surface area contributed by atoms with Crippen LogP contribution in [0.2, 0.25) is 5.02 Å². The first kappa shape index (κ1) is 13.1. The number of halogens is 1. The largest absolute Gasteiger partial charge is 0.436 e. The van der Waals surface area contributed by atoms with Crippen molar-refractivity contribution in [3.05, 3.63) is 65.7 Å². The highest BCUT2D eigenvalue weighted by molar-refractivity contribution is 7.26. The fraction of sp³-hybridized carbons (Fsp3) is 0. The quantitative estimate of drug-likeness (QED) is 0.348. The second kappa shape index (κ2) is 4.82. The molecule has 0 spiro atoms. The SMILES string of the molecule is Clc1cccc2sc3cc4oc(-c5ccccc5)nc4cc3c12. The molecule has 5 rings (SSSR count). The van der Waals surface area contributed by atoms with Crippen LogP contribution in [0.3, 0.4) is 0 Å². The van der Waals surface area contributed by atoms with Gasteiger partial charge >= 0.3 is 0 Å². The molecule has 2 heterocycles. The average Bonchev–Trinajstić information content (AvgIpc) is 3.14. The summed E-state index contributed by atoms with van der Waals surface area (Å²) in [7, 11) is 0. The number of aromatic nitrogens is 1. The third kappa shape index (κ3) is 1.97. The van der Waals surface area contributed by atoms with Crippen molar-refractivity contribution in [1.29, 1.82) is 0 Å². The molecule has 0 aliphatic heterocycles. The molecular weight excluding hydrogens is 326 g/mol. The van der Waals surface area contributed by atoms with Gasteiger partial charge in [0.15, 0.2) is 5.58 Å². The Hall–Kier alpha value is -2.36. The molecule has 0 atom stereocenters. The number of fused-ring (bicyclic) bond motifs is 4. The summed E-state index contributed by atoms with van der Waals surface area (Å²) < 4.78 is 8.30. The molecule has 0 fully saturated rings. The highest BCUT2D eigenvalue weighted by Gasteiger charge is 2.13. The van der Waals surface area contributed by atoms with E-state index in [0.29, 0.717) is 5.89 Å². The van der Waals surface area contributed by atoms with E-state index in [4.69, 9.17) is 16.0 Å². The normalized spacial score (nSPS) is 11.7. The van der Waals surface area contributed by atoms with Gasteiger partial charge in [0.05, 0.1) is 0 Å². The number of nitrogens with zero attached hydrogens (tertiary/aromatic N) is 1. The predicted octanol–water partition coefficient (Wildman–Crippen LogP) is 6.52.